The van der Waals surface area contributed by atoms with E-state index in [2.05, 4.69) is 10.3 Å². The first kappa shape index (κ1) is 18.4. The number of amides is 1. The monoisotopic (exact) mass is 403 g/mol. The molecule has 2 aromatic carbocycles. The van der Waals surface area contributed by atoms with Crippen LogP contribution >= 0.6 is 0 Å². The van der Waals surface area contributed by atoms with Gasteiger partial charge in [-0.3, -0.25) is 9.59 Å². The van der Waals surface area contributed by atoms with Crippen LogP contribution < -0.4 is 15.8 Å². The van der Waals surface area contributed by atoms with Crippen molar-refractivity contribution in [3.63, 3.8) is 0 Å². The molecule has 7 nitrogen and oxygen atoms in total. The number of ether oxygens (including phenoxy) is 1. The number of aromatic amines is 1. The smallest absolute Gasteiger partial charge is 0.271 e. The highest BCUT2D eigenvalue weighted by Gasteiger charge is 2.72. The fraction of sp³-hybridized carbons (Fsp3) is 0.217. The van der Waals surface area contributed by atoms with E-state index in [-0.39, 0.29) is 28.4 Å². The fourth-order valence-corrected chi connectivity index (χ4v) is 4.46. The van der Waals surface area contributed by atoms with Crippen molar-refractivity contribution in [2.45, 2.75) is 31.1 Å². The molecule has 3 aromatic rings. The van der Waals surface area contributed by atoms with Gasteiger partial charge >= 0.3 is 0 Å². The van der Waals surface area contributed by atoms with Crippen molar-refractivity contribution < 1.29 is 19.4 Å². The number of hydrogen-bond donors (Lipinski definition) is 4. The number of fused-ring (bicyclic) bond motifs is 5. The molecule has 0 saturated carbocycles. The molecule has 7 heteroatoms. The van der Waals surface area contributed by atoms with Crippen LogP contribution in [0.25, 0.3) is 0 Å². The van der Waals surface area contributed by atoms with Crippen LogP contribution in [0.3, 0.4) is 0 Å². The molecule has 30 heavy (non-hydrogen) atoms. The molecule has 152 valence electrons. The van der Waals surface area contributed by atoms with E-state index in [1.54, 1.807) is 48.7 Å². The van der Waals surface area contributed by atoms with Crippen LogP contribution in [0.4, 0.5) is 5.69 Å². The predicted octanol–water partition coefficient (Wildman–Crippen LogP) is 2.78. The number of nitrogens with two attached hydrogens (primary N) is 1. The van der Waals surface area contributed by atoms with Crippen LogP contribution in [0.5, 0.6) is 5.75 Å². The zero-order chi connectivity index (χ0) is 21.3. The summed E-state index contributed by atoms with van der Waals surface area (Å²) in [6, 6.07) is 13.5. The summed E-state index contributed by atoms with van der Waals surface area (Å²) in [6.07, 6.45) is 1.61. The van der Waals surface area contributed by atoms with Gasteiger partial charge in [-0.25, -0.2) is 0 Å². The zero-order valence-electron chi connectivity index (χ0n) is 16.5. The summed E-state index contributed by atoms with van der Waals surface area (Å²) in [4.78, 5) is 29.6. The standard InChI is InChI=1S/C23H21N3O4/c1-12(2)13-8-9-14-18(11-13)30-23(29)15-5-3-6-16(24)19(15)20(27)22(14,23)26-21(28)17-7-4-10-25-17/h3-12,25,29H,24H2,1-2H3,(H,26,28). The van der Waals surface area contributed by atoms with E-state index in [9.17, 15) is 14.7 Å². The molecule has 2 atom stereocenters. The Hall–Kier alpha value is -3.58. The Morgan fingerprint density at radius 3 is 2.67 bits per heavy atom. The first-order valence-corrected chi connectivity index (χ1v) is 9.75. The van der Waals surface area contributed by atoms with Gasteiger partial charge in [-0.1, -0.05) is 38.1 Å². The van der Waals surface area contributed by atoms with Gasteiger partial charge in [0.1, 0.15) is 11.4 Å². The van der Waals surface area contributed by atoms with Crippen LogP contribution in [0.15, 0.2) is 54.7 Å². The number of benzene rings is 2. The van der Waals surface area contributed by atoms with Gasteiger partial charge < -0.3 is 25.9 Å². The minimum Gasteiger partial charge on any atom is -0.454 e. The van der Waals surface area contributed by atoms with Crippen LogP contribution in [0.1, 0.15) is 57.3 Å². The Morgan fingerprint density at radius 2 is 1.97 bits per heavy atom. The second-order valence-electron chi connectivity index (χ2n) is 8.04. The van der Waals surface area contributed by atoms with Crippen LogP contribution in [0.2, 0.25) is 0 Å². The molecular formula is C23H21N3O4. The number of nitrogen functional groups attached to an aromatic ring is 1. The van der Waals surface area contributed by atoms with Gasteiger partial charge in [0.25, 0.3) is 11.7 Å². The molecule has 1 amide bonds. The second-order valence-corrected chi connectivity index (χ2v) is 8.04. The molecular weight excluding hydrogens is 382 g/mol. The Kier molecular flexibility index (Phi) is 3.67. The topological polar surface area (TPSA) is 117 Å². The van der Waals surface area contributed by atoms with Gasteiger partial charge in [0.05, 0.1) is 5.56 Å². The van der Waals surface area contributed by atoms with E-state index in [0.29, 0.717) is 11.3 Å². The molecule has 5 N–H and O–H groups in total. The average molecular weight is 403 g/mol. The van der Waals surface area contributed by atoms with Crippen molar-refractivity contribution >= 4 is 17.4 Å². The minimum atomic E-state index is -2.12. The largest absolute Gasteiger partial charge is 0.454 e. The van der Waals surface area contributed by atoms with Crippen molar-refractivity contribution in [1.29, 1.82) is 0 Å². The number of anilines is 1. The summed E-state index contributed by atoms with van der Waals surface area (Å²) in [5, 5.41) is 14.6. The lowest BCUT2D eigenvalue weighted by molar-refractivity contribution is -0.169. The fourth-order valence-electron chi connectivity index (χ4n) is 4.46. The third-order valence-electron chi connectivity index (χ3n) is 6.02. The zero-order valence-corrected chi connectivity index (χ0v) is 16.5. The van der Waals surface area contributed by atoms with E-state index in [1.807, 2.05) is 19.9 Å². The Morgan fingerprint density at radius 1 is 1.17 bits per heavy atom. The molecule has 2 unspecified atom stereocenters. The van der Waals surface area contributed by atoms with Crippen molar-refractivity contribution in [3.8, 4) is 5.75 Å². The number of rotatable bonds is 3. The van der Waals surface area contributed by atoms with Crippen LogP contribution in [-0.4, -0.2) is 21.8 Å². The third kappa shape index (κ3) is 2.12. The Labute approximate surface area is 172 Å². The molecule has 1 aromatic heterocycles. The molecule has 0 radical (unpaired) electrons. The number of ketones is 1. The SMILES string of the molecule is CC(C)c1ccc2c(c1)OC1(O)c3cccc(N)c3C(=O)C21NC(=O)c1ccc[nH]1. The number of H-pyrrole nitrogens is 1. The quantitative estimate of drug-likeness (QED) is 0.502. The maximum Gasteiger partial charge on any atom is 0.271 e. The molecule has 2 aliphatic rings. The number of hydrogen-bond acceptors (Lipinski definition) is 5. The summed E-state index contributed by atoms with van der Waals surface area (Å²) in [6.45, 7) is 4.08. The Bertz CT molecular complexity index is 1200. The molecule has 1 aliphatic heterocycles. The van der Waals surface area contributed by atoms with Crippen molar-refractivity contribution in [3.05, 3.63) is 82.7 Å². The van der Waals surface area contributed by atoms with Crippen LogP contribution in [0, 0.1) is 0 Å². The number of aromatic nitrogens is 1. The predicted molar refractivity (Wildman–Crippen MR) is 110 cm³/mol. The van der Waals surface area contributed by atoms with Gasteiger partial charge in [0.2, 0.25) is 11.3 Å². The van der Waals surface area contributed by atoms with Crippen molar-refractivity contribution in [2.24, 2.45) is 0 Å². The van der Waals surface area contributed by atoms with Crippen molar-refractivity contribution in [2.75, 3.05) is 5.73 Å². The van der Waals surface area contributed by atoms with E-state index in [1.165, 1.54) is 0 Å². The van der Waals surface area contributed by atoms with Gasteiger partial charge in [0.15, 0.2) is 0 Å². The van der Waals surface area contributed by atoms with E-state index in [4.69, 9.17) is 10.5 Å². The highest BCUT2D eigenvalue weighted by Crippen LogP contribution is 2.59. The molecule has 2 heterocycles. The first-order chi connectivity index (χ1) is 14.3. The lowest BCUT2D eigenvalue weighted by atomic mass is 9.82. The normalized spacial score (nSPS) is 23.7. The number of Topliss-reactive ketones (excluding diaryl/α,β-unsaturated/α-hetero) is 1. The maximum atomic E-state index is 13.8. The molecule has 0 fully saturated rings. The third-order valence-corrected chi connectivity index (χ3v) is 6.02. The highest BCUT2D eigenvalue weighted by molar-refractivity contribution is 6.15. The minimum absolute atomic E-state index is 0.158. The number of carbonyl (C=O) groups excluding carboxylic acids is 2. The van der Waals surface area contributed by atoms with Gasteiger partial charge in [0, 0.05) is 23.0 Å². The van der Waals surface area contributed by atoms with E-state index >= 15 is 0 Å². The highest BCUT2D eigenvalue weighted by atomic mass is 16.6. The second kappa shape index (κ2) is 5.96. The average Bonchev–Trinajstić information content (AvgIpc) is 3.37. The van der Waals surface area contributed by atoms with Crippen LogP contribution in [-0.2, 0) is 11.3 Å². The summed E-state index contributed by atoms with van der Waals surface area (Å²) >= 11 is 0. The van der Waals surface area contributed by atoms with E-state index in [0.717, 1.165) is 5.56 Å². The Balaban J connectivity index is 1.76. The summed E-state index contributed by atoms with van der Waals surface area (Å²) in [7, 11) is 0. The summed E-state index contributed by atoms with van der Waals surface area (Å²) < 4.78 is 6.04. The van der Waals surface area contributed by atoms with E-state index < -0.39 is 23.0 Å². The summed E-state index contributed by atoms with van der Waals surface area (Å²) in [5.74, 6) is -2.58. The number of aliphatic hydroxyl groups is 1. The van der Waals surface area contributed by atoms with Gasteiger partial charge in [-0.2, -0.15) is 0 Å². The lowest BCUT2D eigenvalue weighted by Crippen LogP contribution is -2.60. The number of carbonyl (C=O) groups is 2. The molecule has 0 saturated heterocycles. The lowest BCUT2D eigenvalue weighted by Gasteiger charge is -2.34. The maximum absolute atomic E-state index is 13.8. The number of nitrogens with one attached hydrogen (secondary N) is 2. The molecule has 0 bridgehead atoms. The van der Waals surface area contributed by atoms with Crippen molar-refractivity contribution in [1.82, 2.24) is 10.3 Å². The summed E-state index contributed by atoms with van der Waals surface area (Å²) in [5.41, 5.74) is 6.50. The van der Waals surface area contributed by atoms with Gasteiger partial charge in [-0.15, -0.1) is 0 Å². The molecule has 1 aliphatic carbocycles. The first-order valence-electron chi connectivity index (χ1n) is 9.75. The molecule has 5 rings (SSSR count). The molecule has 0 spiro atoms. The van der Waals surface area contributed by atoms with Gasteiger partial charge in [-0.05, 0) is 35.7 Å².